The number of nitrogens with zero attached hydrogens (tertiary/aromatic N) is 2. The van der Waals surface area contributed by atoms with Crippen LogP contribution in [0.5, 0.6) is 0 Å². The molecule has 0 saturated heterocycles. The highest BCUT2D eigenvalue weighted by molar-refractivity contribution is 7.87. The van der Waals surface area contributed by atoms with E-state index in [1.54, 1.807) is 13.2 Å². The maximum atomic E-state index is 12.2. The summed E-state index contributed by atoms with van der Waals surface area (Å²) in [6, 6.07) is 0.100. The molecule has 0 bridgehead atoms. The molecule has 1 unspecified atom stereocenters. The molecule has 0 saturated carbocycles. The molecule has 1 aromatic heterocycles. The third-order valence-electron chi connectivity index (χ3n) is 2.95. The predicted molar refractivity (Wildman–Crippen MR) is 87.7 cm³/mol. The van der Waals surface area contributed by atoms with E-state index in [4.69, 9.17) is 0 Å². The number of hydrogen-bond donors (Lipinski definition) is 2. The Labute approximate surface area is 132 Å². The third kappa shape index (κ3) is 6.39. The van der Waals surface area contributed by atoms with Gasteiger partial charge in [0.05, 0.1) is 6.04 Å². The van der Waals surface area contributed by atoms with Gasteiger partial charge in [-0.1, -0.05) is 13.8 Å². The maximum absolute atomic E-state index is 12.2. The molecule has 0 aromatic carbocycles. The van der Waals surface area contributed by atoms with Crippen molar-refractivity contribution < 1.29 is 8.42 Å². The van der Waals surface area contributed by atoms with Gasteiger partial charge in [0.25, 0.3) is 10.2 Å². The highest BCUT2D eigenvalue weighted by Crippen LogP contribution is 2.19. The summed E-state index contributed by atoms with van der Waals surface area (Å²) in [5.41, 5.74) is 0. The largest absolute Gasteiger partial charge is 0.314 e. The van der Waals surface area contributed by atoms with Crippen LogP contribution in [0.15, 0.2) is 6.20 Å². The van der Waals surface area contributed by atoms with Crippen LogP contribution >= 0.6 is 11.3 Å². The Hall–Kier alpha value is -0.540. The molecule has 0 spiro atoms. The molecule has 21 heavy (non-hydrogen) atoms. The summed E-state index contributed by atoms with van der Waals surface area (Å²) in [4.78, 5) is 5.29. The third-order valence-corrected chi connectivity index (χ3v) is 5.70. The second-order valence-electron chi connectivity index (χ2n) is 5.44. The van der Waals surface area contributed by atoms with Crippen molar-refractivity contribution in [2.45, 2.75) is 46.2 Å². The molecule has 6 nitrogen and oxygen atoms in total. The first-order valence-corrected chi connectivity index (χ1v) is 9.37. The Balaban J connectivity index is 2.48. The summed E-state index contributed by atoms with van der Waals surface area (Å²) in [6.07, 6.45) is 2.53. The zero-order valence-corrected chi connectivity index (χ0v) is 15.0. The fraction of sp³-hybridized carbons (Fsp3) is 0.769. The molecule has 0 aliphatic heterocycles. The molecule has 1 atom stereocenters. The van der Waals surface area contributed by atoms with E-state index in [2.05, 4.69) is 28.9 Å². The first kappa shape index (κ1) is 18.5. The number of nitrogens with one attached hydrogen (secondary N) is 2. The fourth-order valence-electron chi connectivity index (χ4n) is 1.75. The molecule has 0 amide bonds. The minimum atomic E-state index is -3.48. The lowest BCUT2D eigenvalue weighted by Gasteiger charge is -2.20. The van der Waals surface area contributed by atoms with Crippen molar-refractivity contribution in [3.05, 3.63) is 16.1 Å². The van der Waals surface area contributed by atoms with Gasteiger partial charge in [0, 0.05) is 30.7 Å². The Morgan fingerprint density at radius 1 is 1.38 bits per heavy atom. The Morgan fingerprint density at radius 2 is 2.05 bits per heavy atom. The zero-order valence-electron chi connectivity index (χ0n) is 13.4. The van der Waals surface area contributed by atoms with Crippen LogP contribution in [0.2, 0.25) is 0 Å². The van der Waals surface area contributed by atoms with E-state index in [0.29, 0.717) is 12.6 Å². The van der Waals surface area contributed by atoms with Crippen molar-refractivity contribution in [1.29, 1.82) is 0 Å². The van der Waals surface area contributed by atoms with Crippen molar-refractivity contribution in [2.24, 2.45) is 0 Å². The number of aromatic nitrogens is 1. The molecular weight excluding hydrogens is 308 g/mol. The summed E-state index contributed by atoms with van der Waals surface area (Å²) < 4.78 is 28.5. The van der Waals surface area contributed by atoms with Gasteiger partial charge in [-0.05, 0) is 26.8 Å². The van der Waals surface area contributed by atoms with Gasteiger partial charge in [-0.2, -0.15) is 17.4 Å². The maximum Gasteiger partial charge on any atom is 0.279 e. The van der Waals surface area contributed by atoms with Crippen molar-refractivity contribution in [3.8, 4) is 0 Å². The lowest BCUT2D eigenvalue weighted by molar-refractivity contribution is 0.433. The molecule has 122 valence electrons. The van der Waals surface area contributed by atoms with Crippen molar-refractivity contribution in [1.82, 2.24) is 19.3 Å². The SMILES string of the molecule is Cc1cnc(C(C)NS(=O)(=O)N(C)CCCNC(C)C)s1. The number of hydrogen-bond acceptors (Lipinski definition) is 5. The first-order valence-electron chi connectivity index (χ1n) is 7.11. The van der Waals surface area contributed by atoms with Crippen LogP contribution in [0.3, 0.4) is 0 Å². The van der Waals surface area contributed by atoms with Crippen LogP contribution < -0.4 is 10.0 Å². The van der Waals surface area contributed by atoms with Gasteiger partial charge in [-0.25, -0.2) is 4.98 Å². The molecule has 0 fully saturated rings. The van der Waals surface area contributed by atoms with Crippen molar-refractivity contribution in [2.75, 3.05) is 20.1 Å². The van der Waals surface area contributed by atoms with Gasteiger partial charge in [0.1, 0.15) is 5.01 Å². The van der Waals surface area contributed by atoms with Gasteiger partial charge in [-0.15, -0.1) is 11.3 Å². The lowest BCUT2D eigenvalue weighted by atomic mass is 10.3. The summed E-state index contributed by atoms with van der Waals surface area (Å²) in [5, 5.41) is 4.05. The molecule has 8 heteroatoms. The highest BCUT2D eigenvalue weighted by atomic mass is 32.2. The molecule has 1 heterocycles. The summed E-state index contributed by atoms with van der Waals surface area (Å²) in [5.74, 6) is 0. The second-order valence-corrected chi connectivity index (χ2v) is 8.51. The lowest BCUT2D eigenvalue weighted by Crippen LogP contribution is -2.40. The van der Waals surface area contributed by atoms with Gasteiger partial charge in [-0.3, -0.25) is 0 Å². The van der Waals surface area contributed by atoms with Crippen LogP contribution in [-0.2, 0) is 10.2 Å². The van der Waals surface area contributed by atoms with Crippen LogP contribution in [0, 0.1) is 6.92 Å². The minimum absolute atomic E-state index is 0.315. The van der Waals surface area contributed by atoms with Crippen LogP contribution in [0.4, 0.5) is 0 Å². The predicted octanol–water partition coefficient (Wildman–Crippen LogP) is 1.67. The van der Waals surface area contributed by atoms with Gasteiger partial charge >= 0.3 is 0 Å². The molecule has 1 aromatic rings. The standard InChI is InChI=1S/C13H26N4O2S2/c1-10(2)14-7-6-8-17(5)21(18,19)16-12(4)13-15-9-11(3)20-13/h9-10,12,14,16H,6-8H2,1-5H3. The number of aryl methyl sites for hydroxylation is 1. The molecule has 1 rings (SSSR count). The number of rotatable bonds is 9. The van der Waals surface area contributed by atoms with E-state index >= 15 is 0 Å². The van der Waals surface area contributed by atoms with Crippen LogP contribution in [0.1, 0.15) is 43.1 Å². The average molecular weight is 335 g/mol. The summed E-state index contributed by atoms with van der Waals surface area (Å²) >= 11 is 1.51. The molecular formula is C13H26N4O2S2. The minimum Gasteiger partial charge on any atom is -0.314 e. The second kappa shape index (κ2) is 8.19. The Kier molecular flexibility index (Phi) is 7.22. The Bertz CT molecular complexity index is 528. The summed E-state index contributed by atoms with van der Waals surface area (Å²) in [6.45, 7) is 9.19. The van der Waals surface area contributed by atoms with E-state index in [9.17, 15) is 8.42 Å². The normalized spacial score (nSPS) is 14.0. The molecule has 0 radical (unpaired) electrons. The fourth-order valence-corrected chi connectivity index (χ4v) is 3.71. The van der Waals surface area contributed by atoms with E-state index in [-0.39, 0.29) is 6.04 Å². The quantitative estimate of drug-likeness (QED) is 0.674. The highest BCUT2D eigenvalue weighted by Gasteiger charge is 2.22. The van der Waals surface area contributed by atoms with Crippen LogP contribution in [0.25, 0.3) is 0 Å². The van der Waals surface area contributed by atoms with E-state index in [0.717, 1.165) is 22.9 Å². The van der Waals surface area contributed by atoms with Gasteiger partial charge in [0.2, 0.25) is 0 Å². The zero-order chi connectivity index (χ0) is 16.0. The van der Waals surface area contributed by atoms with Crippen molar-refractivity contribution >= 4 is 21.5 Å². The molecule has 2 N–H and O–H groups in total. The molecule has 0 aliphatic carbocycles. The van der Waals surface area contributed by atoms with Crippen molar-refractivity contribution in [3.63, 3.8) is 0 Å². The van der Waals surface area contributed by atoms with Gasteiger partial charge < -0.3 is 5.32 Å². The van der Waals surface area contributed by atoms with E-state index in [1.807, 2.05) is 13.8 Å². The number of thiazole rings is 1. The van der Waals surface area contributed by atoms with Gasteiger partial charge in [0.15, 0.2) is 0 Å². The monoisotopic (exact) mass is 334 g/mol. The van der Waals surface area contributed by atoms with E-state index < -0.39 is 10.2 Å². The van der Waals surface area contributed by atoms with Crippen LogP contribution in [-0.4, -0.2) is 43.9 Å². The summed E-state index contributed by atoms with van der Waals surface area (Å²) in [7, 11) is -1.88. The van der Waals surface area contributed by atoms with E-state index in [1.165, 1.54) is 15.6 Å². The average Bonchev–Trinajstić information content (AvgIpc) is 2.80. The molecule has 0 aliphatic rings. The first-order chi connectivity index (χ1) is 9.72. The smallest absolute Gasteiger partial charge is 0.279 e. The Morgan fingerprint density at radius 3 is 2.57 bits per heavy atom. The topological polar surface area (TPSA) is 74.3 Å².